The van der Waals surface area contributed by atoms with E-state index >= 15 is 0 Å². The van der Waals surface area contributed by atoms with Gasteiger partial charge in [0, 0.05) is 5.92 Å². The summed E-state index contributed by atoms with van der Waals surface area (Å²) in [7, 11) is 1.59. The standard InChI is InChI=1S/C30H28BrN3O5/c1-36-27-15-20(13-23(31)28(27)37-17-19-11-12-25-26(14-19)39-18-38-25)16-32-34-29(21-7-3-2-4-8-21)33-24-10-6-5-9-22(24)30(34)35/h5-6,9-16,21H,2-4,7-8,17-18H2,1H3. The molecule has 2 aliphatic rings. The summed E-state index contributed by atoms with van der Waals surface area (Å²) >= 11 is 3.62. The van der Waals surface area contributed by atoms with Crippen LogP contribution < -0.4 is 24.5 Å². The highest BCUT2D eigenvalue weighted by atomic mass is 79.9. The Balaban J connectivity index is 1.30. The number of nitrogens with zero attached hydrogens (tertiary/aromatic N) is 3. The zero-order chi connectivity index (χ0) is 26.8. The molecular weight excluding hydrogens is 562 g/mol. The van der Waals surface area contributed by atoms with Crippen molar-refractivity contribution in [1.29, 1.82) is 0 Å². The summed E-state index contributed by atoms with van der Waals surface area (Å²) < 4.78 is 24.8. The smallest absolute Gasteiger partial charge is 0.282 e. The largest absolute Gasteiger partial charge is 0.493 e. The van der Waals surface area contributed by atoms with E-state index in [1.165, 1.54) is 11.1 Å². The van der Waals surface area contributed by atoms with E-state index in [4.69, 9.17) is 23.9 Å². The van der Waals surface area contributed by atoms with E-state index in [0.29, 0.717) is 39.2 Å². The summed E-state index contributed by atoms with van der Waals surface area (Å²) in [5.41, 5.74) is 2.25. The van der Waals surface area contributed by atoms with Crippen molar-refractivity contribution in [2.75, 3.05) is 13.9 Å². The number of fused-ring (bicyclic) bond motifs is 2. The first-order valence-electron chi connectivity index (χ1n) is 13.1. The van der Waals surface area contributed by atoms with Gasteiger partial charge in [0.05, 0.1) is 28.7 Å². The van der Waals surface area contributed by atoms with Gasteiger partial charge in [-0.05, 0) is 76.3 Å². The van der Waals surface area contributed by atoms with Crippen molar-refractivity contribution in [1.82, 2.24) is 9.66 Å². The minimum Gasteiger partial charge on any atom is -0.493 e. The van der Waals surface area contributed by atoms with Gasteiger partial charge in [0.25, 0.3) is 5.56 Å². The number of aromatic nitrogens is 2. The van der Waals surface area contributed by atoms with Gasteiger partial charge < -0.3 is 18.9 Å². The lowest BCUT2D eigenvalue weighted by Crippen LogP contribution is -2.25. The molecule has 39 heavy (non-hydrogen) atoms. The number of para-hydroxylation sites is 1. The molecule has 1 saturated carbocycles. The van der Waals surface area contributed by atoms with Gasteiger partial charge in [-0.3, -0.25) is 4.79 Å². The average molecular weight is 590 g/mol. The van der Waals surface area contributed by atoms with E-state index in [9.17, 15) is 4.79 Å². The molecule has 1 aliphatic heterocycles. The predicted molar refractivity (Wildman–Crippen MR) is 152 cm³/mol. The Morgan fingerprint density at radius 3 is 2.74 bits per heavy atom. The van der Waals surface area contributed by atoms with Crippen LogP contribution in [0.15, 0.2) is 69.0 Å². The maximum atomic E-state index is 13.5. The number of hydrogen-bond donors (Lipinski definition) is 0. The van der Waals surface area contributed by atoms with Gasteiger partial charge in [0.15, 0.2) is 23.0 Å². The minimum absolute atomic E-state index is 0.160. The van der Waals surface area contributed by atoms with Gasteiger partial charge in [-0.2, -0.15) is 9.78 Å². The molecule has 0 bridgehead atoms. The summed E-state index contributed by atoms with van der Waals surface area (Å²) in [6, 6.07) is 16.9. The minimum atomic E-state index is -0.160. The summed E-state index contributed by atoms with van der Waals surface area (Å²) in [6.07, 6.45) is 7.17. The Bertz CT molecular complexity index is 1610. The number of benzene rings is 3. The monoisotopic (exact) mass is 589 g/mol. The van der Waals surface area contributed by atoms with Crippen molar-refractivity contribution < 1.29 is 18.9 Å². The lowest BCUT2D eigenvalue weighted by molar-refractivity contribution is 0.174. The van der Waals surface area contributed by atoms with Gasteiger partial charge in [-0.15, -0.1) is 0 Å². The van der Waals surface area contributed by atoms with Crippen LogP contribution in [0.4, 0.5) is 0 Å². The van der Waals surface area contributed by atoms with Gasteiger partial charge in [-0.25, -0.2) is 4.98 Å². The fourth-order valence-electron chi connectivity index (χ4n) is 5.14. The third-order valence-electron chi connectivity index (χ3n) is 7.14. The molecule has 0 N–H and O–H groups in total. The molecule has 8 nitrogen and oxygen atoms in total. The molecule has 1 aromatic heterocycles. The molecule has 2 heterocycles. The van der Waals surface area contributed by atoms with Crippen LogP contribution in [0.3, 0.4) is 0 Å². The van der Waals surface area contributed by atoms with Crippen LogP contribution in [-0.4, -0.2) is 29.8 Å². The molecule has 0 spiro atoms. The van der Waals surface area contributed by atoms with Crippen LogP contribution >= 0.6 is 15.9 Å². The Morgan fingerprint density at radius 2 is 1.90 bits per heavy atom. The Morgan fingerprint density at radius 1 is 1.08 bits per heavy atom. The lowest BCUT2D eigenvalue weighted by Gasteiger charge is -2.22. The average Bonchev–Trinajstić information content (AvgIpc) is 3.44. The van der Waals surface area contributed by atoms with Crippen molar-refractivity contribution in [3.63, 3.8) is 0 Å². The van der Waals surface area contributed by atoms with Gasteiger partial charge >= 0.3 is 0 Å². The molecule has 0 saturated heterocycles. The second-order valence-corrected chi connectivity index (χ2v) is 10.5. The van der Waals surface area contributed by atoms with Crippen LogP contribution in [0.1, 0.15) is 55.0 Å². The highest BCUT2D eigenvalue weighted by Gasteiger charge is 2.22. The zero-order valence-electron chi connectivity index (χ0n) is 21.6. The topological polar surface area (TPSA) is 84.2 Å². The first-order valence-corrected chi connectivity index (χ1v) is 13.8. The van der Waals surface area contributed by atoms with Crippen molar-refractivity contribution in [2.24, 2.45) is 5.10 Å². The molecule has 200 valence electrons. The van der Waals surface area contributed by atoms with E-state index in [2.05, 4.69) is 21.0 Å². The van der Waals surface area contributed by atoms with E-state index < -0.39 is 0 Å². The number of hydrogen-bond acceptors (Lipinski definition) is 7. The molecule has 0 amide bonds. The summed E-state index contributed by atoms with van der Waals surface area (Å²) in [4.78, 5) is 18.4. The first-order chi connectivity index (χ1) is 19.1. The van der Waals surface area contributed by atoms with E-state index in [1.54, 1.807) is 19.4 Å². The predicted octanol–water partition coefficient (Wildman–Crippen LogP) is 6.41. The van der Waals surface area contributed by atoms with Crippen LogP contribution in [0, 0.1) is 0 Å². The maximum Gasteiger partial charge on any atom is 0.282 e. The summed E-state index contributed by atoms with van der Waals surface area (Å²) in [6.45, 7) is 0.549. The second-order valence-electron chi connectivity index (χ2n) is 9.69. The van der Waals surface area contributed by atoms with Gasteiger partial charge in [0.1, 0.15) is 12.4 Å². The SMILES string of the molecule is COc1cc(C=Nn2c(C3CCCCC3)nc3ccccc3c2=O)cc(Br)c1OCc1ccc2c(c1)OCO2. The third-order valence-corrected chi connectivity index (χ3v) is 7.73. The lowest BCUT2D eigenvalue weighted by atomic mass is 9.88. The van der Waals surface area contributed by atoms with E-state index in [0.717, 1.165) is 48.4 Å². The molecule has 0 atom stereocenters. The van der Waals surface area contributed by atoms with Crippen LogP contribution in [-0.2, 0) is 6.61 Å². The quantitative estimate of drug-likeness (QED) is 0.232. The molecular formula is C30H28BrN3O5. The highest BCUT2D eigenvalue weighted by Crippen LogP contribution is 2.38. The Kier molecular flexibility index (Phi) is 7.24. The Labute approximate surface area is 234 Å². The highest BCUT2D eigenvalue weighted by molar-refractivity contribution is 9.10. The number of methoxy groups -OCH3 is 1. The van der Waals surface area contributed by atoms with Gasteiger partial charge in [-0.1, -0.05) is 37.5 Å². The number of rotatable bonds is 7. The fourth-order valence-corrected chi connectivity index (χ4v) is 5.72. The first kappa shape index (κ1) is 25.4. The van der Waals surface area contributed by atoms with Crippen molar-refractivity contribution in [2.45, 2.75) is 44.6 Å². The molecule has 1 aliphatic carbocycles. The van der Waals surface area contributed by atoms with Crippen molar-refractivity contribution in [3.05, 3.63) is 86.4 Å². The van der Waals surface area contributed by atoms with Crippen molar-refractivity contribution in [3.8, 4) is 23.0 Å². The third kappa shape index (κ3) is 5.23. The molecule has 6 rings (SSSR count). The van der Waals surface area contributed by atoms with Gasteiger partial charge in [0.2, 0.25) is 6.79 Å². The number of ether oxygens (including phenoxy) is 4. The summed E-state index contributed by atoms with van der Waals surface area (Å²) in [5, 5.41) is 5.20. The van der Waals surface area contributed by atoms with Crippen molar-refractivity contribution >= 4 is 33.0 Å². The summed E-state index contributed by atoms with van der Waals surface area (Å²) in [5.74, 6) is 3.49. The normalized spacial score (nSPS) is 15.2. The van der Waals surface area contributed by atoms with E-state index in [-0.39, 0.29) is 18.3 Å². The maximum absolute atomic E-state index is 13.5. The molecule has 0 radical (unpaired) electrons. The molecule has 4 aromatic rings. The van der Waals surface area contributed by atoms with Crippen LogP contribution in [0.25, 0.3) is 10.9 Å². The number of halogens is 1. The fraction of sp³-hybridized carbons (Fsp3) is 0.300. The van der Waals surface area contributed by atoms with Crippen LogP contribution in [0.5, 0.6) is 23.0 Å². The molecule has 3 aromatic carbocycles. The molecule has 0 unspecified atom stereocenters. The molecule has 1 fully saturated rings. The Hall–Kier alpha value is -3.85. The molecule has 9 heteroatoms. The van der Waals surface area contributed by atoms with Crippen LogP contribution in [0.2, 0.25) is 0 Å². The van der Waals surface area contributed by atoms with E-state index in [1.807, 2.05) is 48.5 Å². The second kappa shape index (κ2) is 11.1. The zero-order valence-corrected chi connectivity index (χ0v) is 23.1.